The molecule has 20 heavy (non-hydrogen) atoms. The summed E-state index contributed by atoms with van der Waals surface area (Å²) in [5.41, 5.74) is 9.94. The standard InChI is InChI=1S/C18H26N2/c19-16-13-17(15-6-2-1-5-14(15)16)20-11-9-18(10-12-20)7-3-4-8-18/h1-2,5-6,16-17H,3-4,7-13,19H2. The molecule has 0 aromatic heterocycles. The van der Waals surface area contributed by atoms with Crippen LogP contribution in [0.25, 0.3) is 0 Å². The van der Waals surface area contributed by atoms with E-state index in [2.05, 4.69) is 29.2 Å². The van der Waals surface area contributed by atoms with Gasteiger partial charge in [0.1, 0.15) is 0 Å². The molecule has 4 rings (SSSR count). The molecule has 2 nitrogen and oxygen atoms in total. The van der Waals surface area contributed by atoms with Crippen molar-refractivity contribution in [3.63, 3.8) is 0 Å². The van der Waals surface area contributed by atoms with Crippen molar-refractivity contribution in [2.75, 3.05) is 13.1 Å². The molecule has 1 aliphatic heterocycles. The summed E-state index contributed by atoms with van der Waals surface area (Å²) in [5, 5.41) is 0. The summed E-state index contributed by atoms with van der Waals surface area (Å²) in [5.74, 6) is 0. The van der Waals surface area contributed by atoms with Gasteiger partial charge in [0.05, 0.1) is 0 Å². The number of likely N-dealkylation sites (tertiary alicyclic amines) is 1. The summed E-state index contributed by atoms with van der Waals surface area (Å²) >= 11 is 0. The Balaban J connectivity index is 1.50. The van der Waals surface area contributed by atoms with Gasteiger partial charge in [0, 0.05) is 12.1 Å². The third-order valence-electron chi connectivity index (χ3n) is 6.20. The van der Waals surface area contributed by atoms with Gasteiger partial charge >= 0.3 is 0 Å². The quantitative estimate of drug-likeness (QED) is 0.841. The Morgan fingerprint density at radius 1 is 0.950 bits per heavy atom. The van der Waals surface area contributed by atoms with Crippen molar-refractivity contribution in [1.29, 1.82) is 0 Å². The fourth-order valence-electron chi connectivity index (χ4n) is 4.93. The van der Waals surface area contributed by atoms with Crippen molar-refractivity contribution in [3.8, 4) is 0 Å². The molecule has 3 aliphatic rings. The van der Waals surface area contributed by atoms with Gasteiger partial charge in [-0.1, -0.05) is 37.1 Å². The van der Waals surface area contributed by atoms with Crippen LogP contribution >= 0.6 is 0 Å². The summed E-state index contributed by atoms with van der Waals surface area (Å²) in [6, 6.07) is 9.66. The van der Waals surface area contributed by atoms with Gasteiger partial charge < -0.3 is 5.73 Å². The predicted molar refractivity (Wildman–Crippen MR) is 82.4 cm³/mol. The van der Waals surface area contributed by atoms with Crippen LogP contribution in [0.5, 0.6) is 0 Å². The normalized spacial score (nSPS) is 32.6. The van der Waals surface area contributed by atoms with Crippen molar-refractivity contribution in [2.45, 2.75) is 57.0 Å². The van der Waals surface area contributed by atoms with E-state index in [1.165, 1.54) is 62.7 Å². The first-order valence-electron chi connectivity index (χ1n) is 8.36. The Hall–Kier alpha value is -0.860. The molecule has 0 amide bonds. The average Bonchev–Trinajstić information content (AvgIpc) is 3.07. The fraction of sp³-hybridized carbons (Fsp3) is 0.667. The number of nitrogens with zero attached hydrogens (tertiary/aromatic N) is 1. The van der Waals surface area contributed by atoms with Gasteiger partial charge in [0.15, 0.2) is 0 Å². The van der Waals surface area contributed by atoms with Crippen LogP contribution in [0.15, 0.2) is 24.3 Å². The van der Waals surface area contributed by atoms with Crippen LogP contribution in [0.2, 0.25) is 0 Å². The lowest BCUT2D eigenvalue weighted by Crippen LogP contribution is -2.40. The number of piperidine rings is 1. The summed E-state index contributed by atoms with van der Waals surface area (Å²) in [7, 11) is 0. The highest BCUT2D eigenvalue weighted by molar-refractivity contribution is 5.37. The monoisotopic (exact) mass is 270 g/mol. The van der Waals surface area contributed by atoms with Gasteiger partial charge in [-0.25, -0.2) is 0 Å². The third-order valence-corrected chi connectivity index (χ3v) is 6.20. The predicted octanol–water partition coefficient (Wildman–Crippen LogP) is 3.79. The van der Waals surface area contributed by atoms with E-state index in [4.69, 9.17) is 5.73 Å². The van der Waals surface area contributed by atoms with Gasteiger partial charge in [-0.2, -0.15) is 0 Å². The molecule has 1 spiro atoms. The van der Waals surface area contributed by atoms with E-state index >= 15 is 0 Å². The van der Waals surface area contributed by atoms with Crippen molar-refractivity contribution >= 4 is 0 Å². The molecule has 1 heterocycles. The van der Waals surface area contributed by atoms with Crippen LogP contribution < -0.4 is 5.73 Å². The molecule has 2 unspecified atom stereocenters. The van der Waals surface area contributed by atoms with Gasteiger partial charge in [-0.05, 0) is 61.7 Å². The second-order valence-electron chi connectivity index (χ2n) is 7.23. The van der Waals surface area contributed by atoms with Gasteiger partial charge in [0.25, 0.3) is 0 Å². The number of hydrogen-bond donors (Lipinski definition) is 1. The second-order valence-corrected chi connectivity index (χ2v) is 7.23. The van der Waals surface area contributed by atoms with Crippen LogP contribution in [0.4, 0.5) is 0 Å². The van der Waals surface area contributed by atoms with Gasteiger partial charge in [-0.15, -0.1) is 0 Å². The fourth-order valence-corrected chi connectivity index (χ4v) is 4.93. The molecule has 1 aromatic rings. The number of rotatable bonds is 1. The third kappa shape index (κ3) is 2.01. The van der Waals surface area contributed by atoms with Crippen LogP contribution in [0.1, 0.15) is 68.2 Å². The Bertz CT molecular complexity index is 480. The lowest BCUT2D eigenvalue weighted by molar-refractivity contribution is 0.0742. The number of fused-ring (bicyclic) bond motifs is 1. The molecule has 1 aromatic carbocycles. The van der Waals surface area contributed by atoms with E-state index in [9.17, 15) is 0 Å². The van der Waals surface area contributed by atoms with Crippen molar-refractivity contribution in [2.24, 2.45) is 11.1 Å². The number of hydrogen-bond acceptors (Lipinski definition) is 2. The Morgan fingerprint density at radius 3 is 2.30 bits per heavy atom. The van der Waals surface area contributed by atoms with E-state index in [1.54, 1.807) is 0 Å². The topological polar surface area (TPSA) is 29.3 Å². The first-order chi connectivity index (χ1) is 9.77. The number of benzene rings is 1. The van der Waals surface area contributed by atoms with E-state index in [0.717, 1.165) is 11.8 Å². The molecule has 2 fully saturated rings. The zero-order valence-electron chi connectivity index (χ0n) is 12.4. The minimum absolute atomic E-state index is 0.249. The Kier molecular flexibility index (Phi) is 3.12. The molecular formula is C18H26N2. The van der Waals surface area contributed by atoms with E-state index in [0.29, 0.717) is 6.04 Å². The van der Waals surface area contributed by atoms with Crippen molar-refractivity contribution in [3.05, 3.63) is 35.4 Å². The van der Waals surface area contributed by atoms with Crippen molar-refractivity contribution < 1.29 is 0 Å². The highest BCUT2D eigenvalue weighted by Crippen LogP contribution is 2.49. The van der Waals surface area contributed by atoms with Crippen LogP contribution in [0, 0.1) is 5.41 Å². The molecule has 2 aliphatic carbocycles. The van der Waals surface area contributed by atoms with Gasteiger partial charge in [0.2, 0.25) is 0 Å². The zero-order chi connectivity index (χ0) is 13.6. The molecular weight excluding hydrogens is 244 g/mol. The number of nitrogens with two attached hydrogens (primary N) is 1. The Labute approximate surface area is 122 Å². The SMILES string of the molecule is NC1CC(N2CCC3(CCCC3)CC2)c2ccccc21. The lowest BCUT2D eigenvalue weighted by Gasteiger charge is -2.42. The van der Waals surface area contributed by atoms with Crippen LogP contribution in [0.3, 0.4) is 0 Å². The minimum atomic E-state index is 0.249. The summed E-state index contributed by atoms with van der Waals surface area (Å²) < 4.78 is 0. The van der Waals surface area contributed by atoms with Gasteiger partial charge in [-0.3, -0.25) is 4.90 Å². The summed E-state index contributed by atoms with van der Waals surface area (Å²) in [6.07, 6.45) is 9.87. The summed E-state index contributed by atoms with van der Waals surface area (Å²) in [6.45, 7) is 2.57. The summed E-state index contributed by atoms with van der Waals surface area (Å²) in [4.78, 5) is 2.72. The maximum atomic E-state index is 6.33. The van der Waals surface area contributed by atoms with Crippen LogP contribution in [-0.4, -0.2) is 18.0 Å². The zero-order valence-corrected chi connectivity index (χ0v) is 12.4. The minimum Gasteiger partial charge on any atom is -0.324 e. The molecule has 108 valence electrons. The Morgan fingerprint density at radius 2 is 1.60 bits per heavy atom. The van der Waals surface area contributed by atoms with E-state index in [1.807, 2.05) is 0 Å². The highest BCUT2D eigenvalue weighted by Gasteiger charge is 2.40. The molecule has 1 saturated heterocycles. The smallest absolute Gasteiger partial charge is 0.0369 e. The second kappa shape index (κ2) is 4.85. The van der Waals surface area contributed by atoms with Crippen LogP contribution in [-0.2, 0) is 0 Å². The first-order valence-corrected chi connectivity index (χ1v) is 8.36. The molecule has 2 heteroatoms. The molecule has 2 N–H and O–H groups in total. The largest absolute Gasteiger partial charge is 0.324 e. The first kappa shape index (κ1) is 12.8. The highest BCUT2D eigenvalue weighted by atomic mass is 15.2. The molecule has 2 atom stereocenters. The van der Waals surface area contributed by atoms with E-state index < -0.39 is 0 Å². The average molecular weight is 270 g/mol. The lowest BCUT2D eigenvalue weighted by atomic mass is 9.76. The van der Waals surface area contributed by atoms with E-state index in [-0.39, 0.29) is 6.04 Å². The molecule has 0 bridgehead atoms. The molecule has 1 saturated carbocycles. The maximum Gasteiger partial charge on any atom is 0.0369 e. The molecule has 0 radical (unpaired) electrons. The van der Waals surface area contributed by atoms with Crippen molar-refractivity contribution in [1.82, 2.24) is 4.90 Å². The maximum absolute atomic E-state index is 6.33.